The number of esters is 1. The molecule has 0 bridgehead atoms. The summed E-state index contributed by atoms with van der Waals surface area (Å²) in [5.41, 5.74) is 0.402. The summed E-state index contributed by atoms with van der Waals surface area (Å²) in [7, 11) is 0. The highest BCUT2D eigenvalue weighted by molar-refractivity contribution is 7.09. The van der Waals surface area contributed by atoms with E-state index in [0.717, 1.165) is 5.01 Å². The molecule has 0 radical (unpaired) electrons. The fourth-order valence-electron chi connectivity index (χ4n) is 1.48. The van der Waals surface area contributed by atoms with Gasteiger partial charge in [-0.3, -0.25) is 0 Å². The molecular formula is C12H16N4O2S. The third kappa shape index (κ3) is 3.37. The summed E-state index contributed by atoms with van der Waals surface area (Å²) in [6.45, 7) is 7.77. The third-order valence-corrected chi connectivity index (χ3v) is 3.11. The van der Waals surface area contributed by atoms with E-state index >= 15 is 0 Å². The molecule has 7 heteroatoms. The van der Waals surface area contributed by atoms with Crippen LogP contribution in [0.4, 0.5) is 0 Å². The molecular weight excluding hydrogens is 264 g/mol. The van der Waals surface area contributed by atoms with Crippen LogP contribution in [0.25, 0.3) is 0 Å². The molecule has 0 saturated heterocycles. The monoisotopic (exact) mass is 280 g/mol. The predicted octanol–water partition coefficient (Wildman–Crippen LogP) is 2.05. The van der Waals surface area contributed by atoms with Gasteiger partial charge in [-0.2, -0.15) is 0 Å². The van der Waals surface area contributed by atoms with E-state index in [1.165, 1.54) is 11.3 Å². The smallest absolute Gasteiger partial charge is 0.361 e. The Hall–Kier alpha value is -1.76. The maximum Gasteiger partial charge on any atom is 0.361 e. The molecule has 6 nitrogen and oxygen atoms in total. The first-order valence-electron chi connectivity index (χ1n) is 5.88. The van der Waals surface area contributed by atoms with Crippen molar-refractivity contribution in [1.82, 2.24) is 20.0 Å². The summed E-state index contributed by atoms with van der Waals surface area (Å²) < 4.78 is 6.94. The molecule has 0 N–H and O–H groups in total. The van der Waals surface area contributed by atoms with Crippen LogP contribution in [0, 0.1) is 6.92 Å². The van der Waals surface area contributed by atoms with Gasteiger partial charge in [0.05, 0.1) is 12.2 Å². The van der Waals surface area contributed by atoms with Crippen molar-refractivity contribution in [2.24, 2.45) is 0 Å². The molecule has 0 spiro atoms. The van der Waals surface area contributed by atoms with Gasteiger partial charge in [-0.05, 0) is 27.7 Å². The Morgan fingerprint density at radius 1 is 1.47 bits per heavy atom. The van der Waals surface area contributed by atoms with Crippen molar-refractivity contribution in [2.75, 3.05) is 0 Å². The van der Waals surface area contributed by atoms with Gasteiger partial charge in [0.15, 0.2) is 5.69 Å². The number of thiazole rings is 1. The lowest BCUT2D eigenvalue weighted by molar-refractivity contribution is 0.00619. The standard InChI is InChI=1S/C12H16N4O2S/c1-8-10(11(17)18-12(2,3)4)14-15-16(8)7-9-13-5-6-19-9/h5-6H,7H2,1-4H3. The summed E-state index contributed by atoms with van der Waals surface area (Å²) in [5.74, 6) is -0.449. The van der Waals surface area contributed by atoms with E-state index in [9.17, 15) is 4.79 Å². The van der Waals surface area contributed by atoms with Crippen molar-refractivity contribution in [3.63, 3.8) is 0 Å². The summed E-state index contributed by atoms with van der Waals surface area (Å²) in [6, 6.07) is 0. The van der Waals surface area contributed by atoms with E-state index in [1.807, 2.05) is 26.2 Å². The topological polar surface area (TPSA) is 69.9 Å². The number of hydrogen-bond acceptors (Lipinski definition) is 6. The average molecular weight is 280 g/mol. The summed E-state index contributed by atoms with van der Waals surface area (Å²) in [6.07, 6.45) is 1.74. The number of carbonyl (C=O) groups is 1. The van der Waals surface area contributed by atoms with Crippen LogP contribution in [-0.4, -0.2) is 31.5 Å². The molecule has 19 heavy (non-hydrogen) atoms. The largest absolute Gasteiger partial charge is 0.455 e. The lowest BCUT2D eigenvalue weighted by Crippen LogP contribution is -2.24. The minimum absolute atomic E-state index is 0.256. The van der Waals surface area contributed by atoms with Crippen LogP contribution < -0.4 is 0 Å². The average Bonchev–Trinajstić information content (AvgIpc) is 2.88. The highest BCUT2D eigenvalue weighted by atomic mass is 32.1. The molecule has 0 aromatic carbocycles. The van der Waals surface area contributed by atoms with Crippen LogP contribution in [0.15, 0.2) is 11.6 Å². The van der Waals surface area contributed by atoms with Crippen LogP contribution in [-0.2, 0) is 11.3 Å². The van der Waals surface area contributed by atoms with Crippen molar-refractivity contribution in [3.8, 4) is 0 Å². The molecule has 0 aliphatic heterocycles. The Labute approximate surface area is 115 Å². The molecule has 2 heterocycles. The minimum Gasteiger partial charge on any atom is -0.455 e. The minimum atomic E-state index is -0.539. The first-order valence-corrected chi connectivity index (χ1v) is 6.76. The Morgan fingerprint density at radius 3 is 2.79 bits per heavy atom. The quantitative estimate of drug-likeness (QED) is 0.805. The first kappa shape index (κ1) is 13.7. The molecule has 0 amide bonds. The lowest BCUT2D eigenvalue weighted by Gasteiger charge is -2.18. The zero-order chi connectivity index (χ0) is 14.0. The van der Waals surface area contributed by atoms with Crippen LogP contribution >= 0.6 is 11.3 Å². The number of carbonyl (C=O) groups excluding carboxylic acids is 1. The van der Waals surface area contributed by atoms with Gasteiger partial charge in [0, 0.05) is 11.6 Å². The molecule has 0 aliphatic carbocycles. The Bertz CT molecular complexity index is 569. The highest BCUT2D eigenvalue weighted by Gasteiger charge is 2.23. The molecule has 0 saturated carbocycles. The normalized spacial score (nSPS) is 11.6. The van der Waals surface area contributed by atoms with Crippen molar-refractivity contribution in [2.45, 2.75) is 39.8 Å². The van der Waals surface area contributed by atoms with E-state index in [2.05, 4.69) is 15.3 Å². The fraction of sp³-hybridized carbons (Fsp3) is 0.500. The number of ether oxygens (including phenoxy) is 1. The van der Waals surface area contributed by atoms with Crippen molar-refractivity contribution in [1.29, 1.82) is 0 Å². The second-order valence-electron chi connectivity index (χ2n) is 5.11. The van der Waals surface area contributed by atoms with Crippen molar-refractivity contribution >= 4 is 17.3 Å². The van der Waals surface area contributed by atoms with Crippen molar-refractivity contribution < 1.29 is 9.53 Å². The predicted molar refractivity (Wildman–Crippen MR) is 71.1 cm³/mol. The van der Waals surface area contributed by atoms with Gasteiger partial charge in [0.1, 0.15) is 10.6 Å². The maximum atomic E-state index is 11.9. The van der Waals surface area contributed by atoms with E-state index in [4.69, 9.17) is 4.74 Å². The third-order valence-electron chi connectivity index (χ3n) is 2.34. The fourth-order valence-corrected chi connectivity index (χ4v) is 2.08. The van der Waals surface area contributed by atoms with E-state index in [-0.39, 0.29) is 5.69 Å². The number of aromatic nitrogens is 4. The van der Waals surface area contributed by atoms with Gasteiger partial charge in [0.2, 0.25) is 0 Å². The molecule has 0 unspecified atom stereocenters. The van der Waals surface area contributed by atoms with Gasteiger partial charge in [-0.15, -0.1) is 16.4 Å². The van der Waals surface area contributed by atoms with Crippen LogP contribution in [0.1, 0.15) is 42.0 Å². The van der Waals surface area contributed by atoms with E-state index in [0.29, 0.717) is 12.2 Å². The van der Waals surface area contributed by atoms with Crippen LogP contribution in [0.3, 0.4) is 0 Å². The van der Waals surface area contributed by atoms with Gasteiger partial charge < -0.3 is 4.74 Å². The zero-order valence-electron chi connectivity index (χ0n) is 11.4. The maximum absolute atomic E-state index is 11.9. The van der Waals surface area contributed by atoms with Gasteiger partial charge in [-0.25, -0.2) is 14.5 Å². The number of rotatable bonds is 3. The van der Waals surface area contributed by atoms with E-state index < -0.39 is 11.6 Å². The SMILES string of the molecule is Cc1c(C(=O)OC(C)(C)C)nnn1Cc1nccs1. The lowest BCUT2D eigenvalue weighted by atomic mass is 10.2. The Balaban J connectivity index is 2.16. The summed E-state index contributed by atoms with van der Waals surface area (Å²) in [4.78, 5) is 16.1. The van der Waals surface area contributed by atoms with Crippen LogP contribution in [0.2, 0.25) is 0 Å². The van der Waals surface area contributed by atoms with Gasteiger partial charge in [-0.1, -0.05) is 5.21 Å². The molecule has 2 aromatic rings. The molecule has 0 aliphatic rings. The first-order chi connectivity index (χ1) is 8.87. The van der Waals surface area contributed by atoms with Crippen molar-refractivity contribution in [3.05, 3.63) is 28.0 Å². The molecule has 2 aromatic heterocycles. The zero-order valence-corrected chi connectivity index (χ0v) is 12.2. The summed E-state index contributed by atoms with van der Waals surface area (Å²) in [5, 5.41) is 10.7. The molecule has 102 valence electrons. The Morgan fingerprint density at radius 2 is 2.21 bits per heavy atom. The van der Waals surface area contributed by atoms with Gasteiger partial charge >= 0.3 is 5.97 Å². The number of nitrogens with zero attached hydrogens (tertiary/aromatic N) is 4. The highest BCUT2D eigenvalue weighted by Crippen LogP contribution is 2.14. The second kappa shape index (κ2) is 5.08. The van der Waals surface area contributed by atoms with Gasteiger partial charge in [0.25, 0.3) is 0 Å². The number of hydrogen-bond donors (Lipinski definition) is 0. The van der Waals surface area contributed by atoms with E-state index in [1.54, 1.807) is 17.8 Å². The van der Waals surface area contributed by atoms with Crippen LogP contribution in [0.5, 0.6) is 0 Å². The Kier molecular flexibility index (Phi) is 3.66. The molecule has 0 fully saturated rings. The summed E-state index contributed by atoms with van der Waals surface area (Å²) >= 11 is 1.54. The molecule has 0 atom stereocenters. The molecule has 2 rings (SSSR count). The second-order valence-corrected chi connectivity index (χ2v) is 6.09.